The van der Waals surface area contributed by atoms with Crippen LogP contribution in [0.2, 0.25) is 0 Å². The highest BCUT2D eigenvalue weighted by molar-refractivity contribution is 5.76. The molecule has 1 aromatic heterocycles. The molecule has 0 saturated carbocycles. The highest BCUT2D eigenvalue weighted by atomic mass is 16.5. The number of amides is 1. The predicted molar refractivity (Wildman–Crippen MR) is 75.9 cm³/mol. The molecule has 0 aliphatic heterocycles. The standard InChI is InChI=1S/C15H19N3O2/c1-4-5-13(19)16-11(3)15-17-14(18-20-15)12-8-6-10(2)7-9-12/h6-9,11H,4-5H2,1-3H3,(H,16,19)/t11-/m1/s1. The van der Waals surface area contributed by atoms with Crippen LogP contribution >= 0.6 is 0 Å². The normalized spacial score (nSPS) is 12.2. The Morgan fingerprint density at radius 3 is 2.70 bits per heavy atom. The molecule has 1 heterocycles. The molecule has 0 bridgehead atoms. The molecule has 0 fully saturated rings. The van der Waals surface area contributed by atoms with Crippen molar-refractivity contribution in [3.05, 3.63) is 35.7 Å². The molecule has 1 atom stereocenters. The summed E-state index contributed by atoms with van der Waals surface area (Å²) in [6.07, 6.45) is 1.32. The first-order valence-electron chi connectivity index (χ1n) is 6.80. The largest absolute Gasteiger partial charge is 0.345 e. The Morgan fingerprint density at radius 2 is 2.05 bits per heavy atom. The maximum absolute atomic E-state index is 11.5. The summed E-state index contributed by atoms with van der Waals surface area (Å²) in [5, 5.41) is 6.79. The zero-order valence-corrected chi connectivity index (χ0v) is 12.0. The fourth-order valence-corrected chi connectivity index (χ4v) is 1.83. The molecule has 0 aliphatic carbocycles. The number of benzene rings is 1. The zero-order valence-electron chi connectivity index (χ0n) is 12.0. The summed E-state index contributed by atoms with van der Waals surface area (Å²) in [4.78, 5) is 15.9. The van der Waals surface area contributed by atoms with Crippen molar-refractivity contribution in [3.8, 4) is 11.4 Å². The molecule has 106 valence electrons. The predicted octanol–water partition coefficient (Wildman–Crippen LogP) is 3.02. The van der Waals surface area contributed by atoms with E-state index in [1.807, 2.05) is 45.0 Å². The number of hydrogen-bond acceptors (Lipinski definition) is 4. The molecule has 5 nitrogen and oxygen atoms in total. The fourth-order valence-electron chi connectivity index (χ4n) is 1.83. The highest BCUT2D eigenvalue weighted by Crippen LogP contribution is 2.19. The van der Waals surface area contributed by atoms with Gasteiger partial charge in [0, 0.05) is 12.0 Å². The second-order valence-corrected chi connectivity index (χ2v) is 4.86. The van der Waals surface area contributed by atoms with Gasteiger partial charge in [-0.3, -0.25) is 4.79 Å². The van der Waals surface area contributed by atoms with Crippen molar-refractivity contribution >= 4 is 5.91 Å². The van der Waals surface area contributed by atoms with E-state index in [0.717, 1.165) is 12.0 Å². The van der Waals surface area contributed by atoms with Crippen LogP contribution in [0.15, 0.2) is 28.8 Å². The van der Waals surface area contributed by atoms with E-state index in [1.165, 1.54) is 5.56 Å². The topological polar surface area (TPSA) is 68.0 Å². The first-order chi connectivity index (χ1) is 9.60. The maximum Gasteiger partial charge on any atom is 0.249 e. The molecule has 2 aromatic rings. The molecular formula is C15H19N3O2. The van der Waals surface area contributed by atoms with Crippen LogP contribution < -0.4 is 5.32 Å². The second-order valence-electron chi connectivity index (χ2n) is 4.86. The van der Waals surface area contributed by atoms with Gasteiger partial charge in [-0.1, -0.05) is 41.9 Å². The van der Waals surface area contributed by atoms with Gasteiger partial charge in [-0.15, -0.1) is 0 Å². The van der Waals surface area contributed by atoms with Gasteiger partial charge in [-0.25, -0.2) is 0 Å². The monoisotopic (exact) mass is 273 g/mol. The Balaban J connectivity index is 2.08. The van der Waals surface area contributed by atoms with Crippen LogP contribution in [-0.2, 0) is 4.79 Å². The third-order valence-corrected chi connectivity index (χ3v) is 2.98. The lowest BCUT2D eigenvalue weighted by molar-refractivity contribution is -0.121. The average Bonchev–Trinajstić information content (AvgIpc) is 2.89. The van der Waals surface area contributed by atoms with E-state index in [9.17, 15) is 4.79 Å². The molecule has 5 heteroatoms. The van der Waals surface area contributed by atoms with Crippen LogP contribution in [0.5, 0.6) is 0 Å². The van der Waals surface area contributed by atoms with Crippen molar-refractivity contribution in [2.75, 3.05) is 0 Å². The molecule has 0 saturated heterocycles. The van der Waals surface area contributed by atoms with Gasteiger partial charge in [0.05, 0.1) is 0 Å². The summed E-state index contributed by atoms with van der Waals surface area (Å²) in [5.41, 5.74) is 2.08. The molecule has 20 heavy (non-hydrogen) atoms. The van der Waals surface area contributed by atoms with Gasteiger partial charge in [0.15, 0.2) is 0 Å². The molecular weight excluding hydrogens is 254 g/mol. The van der Waals surface area contributed by atoms with Crippen molar-refractivity contribution in [1.82, 2.24) is 15.5 Å². The minimum Gasteiger partial charge on any atom is -0.345 e. The maximum atomic E-state index is 11.5. The molecule has 0 spiro atoms. The Kier molecular flexibility index (Phi) is 4.50. The number of nitrogens with zero attached hydrogens (tertiary/aromatic N) is 2. The third kappa shape index (κ3) is 3.44. The highest BCUT2D eigenvalue weighted by Gasteiger charge is 2.16. The summed E-state index contributed by atoms with van der Waals surface area (Å²) < 4.78 is 5.21. The van der Waals surface area contributed by atoms with Gasteiger partial charge in [0.1, 0.15) is 6.04 Å². The number of hydrogen-bond donors (Lipinski definition) is 1. The number of aryl methyl sites for hydroxylation is 1. The van der Waals surface area contributed by atoms with Gasteiger partial charge >= 0.3 is 0 Å². The number of carbonyl (C=O) groups excluding carboxylic acids is 1. The van der Waals surface area contributed by atoms with E-state index in [0.29, 0.717) is 18.1 Å². The van der Waals surface area contributed by atoms with Gasteiger partial charge in [0.25, 0.3) is 0 Å². The smallest absolute Gasteiger partial charge is 0.249 e. The minimum atomic E-state index is -0.277. The van der Waals surface area contributed by atoms with Gasteiger partial charge in [0.2, 0.25) is 17.6 Å². The first kappa shape index (κ1) is 14.2. The number of rotatable bonds is 5. The van der Waals surface area contributed by atoms with E-state index in [1.54, 1.807) is 0 Å². The SMILES string of the molecule is CCCC(=O)N[C@H](C)c1nc(-c2ccc(C)cc2)no1. The van der Waals surface area contributed by atoms with Crippen molar-refractivity contribution in [2.45, 2.75) is 39.7 Å². The lowest BCUT2D eigenvalue weighted by Crippen LogP contribution is -2.26. The van der Waals surface area contributed by atoms with Crippen molar-refractivity contribution in [1.29, 1.82) is 0 Å². The lowest BCUT2D eigenvalue weighted by atomic mass is 10.1. The quantitative estimate of drug-likeness (QED) is 0.909. The number of carbonyl (C=O) groups is 1. The van der Waals surface area contributed by atoms with E-state index in [4.69, 9.17) is 4.52 Å². The summed E-state index contributed by atoms with van der Waals surface area (Å²) >= 11 is 0. The summed E-state index contributed by atoms with van der Waals surface area (Å²) in [6, 6.07) is 7.62. The van der Waals surface area contributed by atoms with E-state index in [2.05, 4.69) is 15.5 Å². The summed E-state index contributed by atoms with van der Waals surface area (Å²) in [6.45, 7) is 5.82. The van der Waals surface area contributed by atoms with Crippen molar-refractivity contribution in [2.24, 2.45) is 0 Å². The van der Waals surface area contributed by atoms with E-state index in [-0.39, 0.29) is 11.9 Å². The van der Waals surface area contributed by atoms with Crippen LogP contribution in [-0.4, -0.2) is 16.0 Å². The molecule has 1 aromatic carbocycles. The molecule has 1 amide bonds. The molecule has 0 aliphatic rings. The minimum absolute atomic E-state index is 0.00455. The van der Waals surface area contributed by atoms with Crippen LogP contribution in [0.1, 0.15) is 44.2 Å². The second kappa shape index (κ2) is 6.32. The van der Waals surface area contributed by atoms with Crippen molar-refractivity contribution in [3.63, 3.8) is 0 Å². The zero-order chi connectivity index (χ0) is 14.5. The van der Waals surface area contributed by atoms with E-state index >= 15 is 0 Å². The molecule has 1 N–H and O–H groups in total. The Labute approximate surface area is 118 Å². The van der Waals surface area contributed by atoms with E-state index < -0.39 is 0 Å². The summed E-state index contributed by atoms with van der Waals surface area (Å²) in [5.74, 6) is 0.955. The Bertz CT molecular complexity index is 575. The molecule has 0 radical (unpaired) electrons. The number of aromatic nitrogens is 2. The Morgan fingerprint density at radius 1 is 1.35 bits per heavy atom. The molecule has 0 unspecified atom stereocenters. The van der Waals surface area contributed by atoms with Gasteiger partial charge in [-0.05, 0) is 20.3 Å². The Hall–Kier alpha value is -2.17. The lowest BCUT2D eigenvalue weighted by Gasteiger charge is -2.08. The van der Waals surface area contributed by atoms with Gasteiger partial charge < -0.3 is 9.84 Å². The van der Waals surface area contributed by atoms with Crippen LogP contribution in [0.25, 0.3) is 11.4 Å². The van der Waals surface area contributed by atoms with Crippen LogP contribution in [0.3, 0.4) is 0 Å². The van der Waals surface area contributed by atoms with Gasteiger partial charge in [-0.2, -0.15) is 4.98 Å². The molecule has 2 rings (SSSR count). The average molecular weight is 273 g/mol. The first-order valence-corrected chi connectivity index (χ1v) is 6.80. The van der Waals surface area contributed by atoms with Crippen LogP contribution in [0.4, 0.5) is 0 Å². The summed E-state index contributed by atoms with van der Waals surface area (Å²) in [7, 11) is 0. The fraction of sp³-hybridized carbons (Fsp3) is 0.400. The van der Waals surface area contributed by atoms with Crippen molar-refractivity contribution < 1.29 is 9.32 Å². The number of nitrogens with one attached hydrogen (secondary N) is 1. The third-order valence-electron chi connectivity index (χ3n) is 2.98. The van der Waals surface area contributed by atoms with Crippen LogP contribution in [0, 0.1) is 6.92 Å².